The van der Waals surface area contributed by atoms with E-state index in [1.807, 2.05) is 18.5 Å². The predicted octanol–water partition coefficient (Wildman–Crippen LogP) is 1.65. The van der Waals surface area contributed by atoms with Gasteiger partial charge in [-0.3, -0.25) is 16.3 Å². The zero-order valence-corrected chi connectivity index (χ0v) is 9.02. The van der Waals surface area contributed by atoms with Crippen molar-refractivity contribution in [1.82, 2.24) is 10.4 Å². The first-order valence-electron chi connectivity index (χ1n) is 5.73. The minimum atomic E-state index is 0.470. The highest BCUT2D eigenvalue weighted by molar-refractivity contribution is 5.08. The number of nitrogens with one attached hydrogen (secondary N) is 1. The molecule has 1 unspecified atom stereocenters. The van der Waals surface area contributed by atoms with E-state index < -0.39 is 0 Å². The highest BCUT2D eigenvalue weighted by Gasteiger charge is 2.24. The van der Waals surface area contributed by atoms with E-state index in [4.69, 9.17) is 5.84 Å². The van der Waals surface area contributed by atoms with Gasteiger partial charge < -0.3 is 0 Å². The van der Waals surface area contributed by atoms with Crippen LogP contribution >= 0.6 is 0 Å². The van der Waals surface area contributed by atoms with Gasteiger partial charge in [0, 0.05) is 18.4 Å². The van der Waals surface area contributed by atoms with E-state index in [9.17, 15) is 0 Å². The lowest BCUT2D eigenvalue weighted by atomic mass is 10.0. The monoisotopic (exact) mass is 205 g/mol. The fraction of sp³-hybridized carbons (Fsp3) is 0.583. The number of nitrogens with zero attached hydrogens (tertiary/aromatic N) is 1. The fourth-order valence-corrected chi connectivity index (χ4v) is 1.91. The van der Waals surface area contributed by atoms with Crippen molar-refractivity contribution in [1.29, 1.82) is 0 Å². The summed E-state index contributed by atoms with van der Waals surface area (Å²) in [5.74, 6) is 6.48. The first kappa shape index (κ1) is 10.6. The van der Waals surface area contributed by atoms with Crippen LogP contribution in [-0.2, 0) is 6.42 Å². The Bertz CT molecular complexity index is 282. The number of pyridine rings is 1. The van der Waals surface area contributed by atoms with Gasteiger partial charge in [-0.2, -0.15) is 0 Å². The summed E-state index contributed by atoms with van der Waals surface area (Å²) in [5, 5.41) is 0. The molecule has 1 atom stereocenters. The maximum Gasteiger partial charge on any atom is 0.0299 e. The third kappa shape index (κ3) is 3.61. The third-order valence-corrected chi connectivity index (χ3v) is 3.05. The Morgan fingerprint density at radius 2 is 2.40 bits per heavy atom. The topological polar surface area (TPSA) is 50.9 Å². The van der Waals surface area contributed by atoms with Crippen molar-refractivity contribution in [3.05, 3.63) is 30.1 Å². The van der Waals surface area contributed by atoms with Gasteiger partial charge in [-0.25, -0.2) is 0 Å². The van der Waals surface area contributed by atoms with Crippen molar-refractivity contribution in [3.8, 4) is 0 Å². The van der Waals surface area contributed by atoms with Gasteiger partial charge in [-0.15, -0.1) is 0 Å². The van der Waals surface area contributed by atoms with E-state index in [1.165, 1.54) is 24.8 Å². The van der Waals surface area contributed by atoms with Crippen molar-refractivity contribution < 1.29 is 0 Å². The average molecular weight is 205 g/mol. The number of hydrazine groups is 1. The molecule has 82 valence electrons. The van der Waals surface area contributed by atoms with Crippen LogP contribution in [0.3, 0.4) is 0 Å². The van der Waals surface area contributed by atoms with Crippen LogP contribution in [0.1, 0.15) is 31.2 Å². The van der Waals surface area contributed by atoms with Crippen LogP contribution in [0.2, 0.25) is 0 Å². The first-order valence-corrected chi connectivity index (χ1v) is 5.73. The number of rotatable bonds is 6. The maximum absolute atomic E-state index is 5.55. The quantitative estimate of drug-likeness (QED) is 0.548. The lowest BCUT2D eigenvalue weighted by Gasteiger charge is -2.14. The van der Waals surface area contributed by atoms with Crippen LogP contribution < -0.4 is 11.3 Å². The molecule has 1 aliphatic carbocycles. The van der Waals surface area contributed by atoms with Crippen LogP contribution in [-0.4, -0.2) is 11.0 Å². The molecule has 0 spiro atoms. The van der Waals surface area contributed by atoms with E-state index >= 15 is 0 Å². The molecule has 0 bridgehead atoms. The number of hydrogen-bond donors (Lipinski definition) is 2. The van der Waals surface area contributed by atoms with Crippen molar-refractivity contribution in [2.75, 3.05) is 0 Å². The summed E-state index contributed by atoms with van der Waals surface area (Å²) in [4.78, 5) is 4.11. The second kappa shape index (κ2) is 5.24. The summed E-state index contributed by atoms with van der Waals surface area (Å²) in [6, 6.07) is 4.58. The van der Waals surface area contributed by atoms with Crippen molar-refractivity contribution >= 4 is 0 Å². The molecule has 1 heterocycles. The molecule has 0 aromatic carbocycles. The molecule has 1 aliphatic rings. The van der Waals surface area contributed by atoms with E-state index in [0.29, 0.717) is 6.04 Å². The SMILES string of the molecule is NNC(CCc1cccnc1)CC1CC1. The molecule has 1 aromatic heterocycles. The molecule has 0 aliphatic heterocycles. The predicted molar refractivity (Wildman–Crippen MR) is 61.0 cm³/mol. The van der Waals surface area contributed by atoms with Crippen LogP contribution in [0.4, 0.5) is 0 Å². The fourth-order valence-electron chi connectivity index (χ4n) is 1.91. The smallest absolute Gasteiger partial charge is 0.0299 e. The highest BCUT2D eigenvalue weighted by atomic mass is 15.2. The molecule has 15 heavy (non-hydrogen) atoms. The Kier molecular flexibility index (Phi) is 3.69. The standard InChI is InChI=1S/C12H19N3/c13-15-12(8-10-3-4-10)6-5-11-2-1-7-14-9-11/h1-2,7,9-10,12,15H,3-6,8,13H2. The van der Waals surface area contributed by atoms with Gasteiger partial charge in [-0.05, 0) is 36.8 Å². The van der Waals surface area contributed by atoms with Gasteiger partial charge in [0.05, 0.1) is 0 Å². The van der Waals surface area contributed by atoms with Crippen LogP contribution in [0.15, 0.2) is 24.5 Å². The van der Waals surface area contributed by atoms with Crippen LogP contribution in [0.5, 0.6) is 0 Å². The van der Waals surface area contributed by atoms with E-state index in [-0.39, 0.29) is 0 Å². The Balaban J connectivity index is 1.75. The van der Waals surface area contributed by atoms with Gasteiger partial charge in [-0.1, -0.05) is 18.9 Å². The van der Waals surface area contributed by atoms with Gasteiger partial charge >= 0.3 is 0 Å². The number of nitrogens with two attached hydrogens (primary N) is 1. The molecule has 1 saturated carbocycles. The zero-order chi connectivity index (χ0) is 10.5. The molecule has 3 N–H and O–H groups in total. The summed E-state index contributed by atoms with van der Waals surface area (Å²) in [6.07, 6.45) is 9.94. The minimum Gasteiger partial charge on any atom is -0.271 e. The molecular formula is C12H19N3. The number of aromatic nitrogens is 1. The van der Waals surface area contributed by atoms with Gasteiger partial charge in [0.15, 0.2) is 0 Å². The summed E-state index contributed by atoms with van der Waals surface area (Å²) < 4.78 is 0. The first-order chi connectivity index (χ1) is 7.38. The molecule has 0 radical (unpaired) electrons. The third-order valence-electron chi connectivity index (χ3n) is 3.05. The van der Waals surface area contributed by atoms with Crippen molar-refractivity contribution in [3.63, 3.8) is 0 Å². The van der Waals surface area contributed by atoms with E-state index in [0.717, 1.165) is 18.8 Å². The Labute approximate surface area is 91.1 Å². The summed E-state index contributed by atoms with van der Waals surface area (Å²) in [7, 11) is 0. The molecule has 0 amide bonds. The summed E-state index contributed by atoms with van der Waals surface area (Å²) in [6.45, 7) is 0. The van der Waals surface area contributed by atoms with Crippen LogP contribution in [0.25, 0.3) is 0 Å². The number of aryl methyl sites for hydroxylation is 1. The number of hydrogen-bond acceptors (Lipinski definition) is 3. The van der Waals surface area contributed by atoms with Crippen LogP contribution in [0, 0.1) is 5.92 Å². The lowest BCUT2D eigenvalue weighted by Crippen LogP contribution is -2.35. The lowest BCUT2D eigenvalue weighted by molar-refractivity contribution is 0.441. The Morgan fingerprint density at radius 3 is 3.00 bits per heavy atom. The molecular weight excluding hydrogens is 186 g/mol. The second-order valence-corrected chi connectivity index (χ2v) is 4.44. The van der Waals surface area contributed by atoms with E-state index in [1.54, 1.807) is 0 Å². The molecule has 3 heteroatoms. The maximum atomic E-state index is 5.55. The van der Waals surface area contributed by atoms with Gasteiger partial charge in [0.25, 0.3) is 0 Å². The van der Waals surface area contributed by atoms with Crippen molar-refractivity contribution in [2.24, 2.45) is 11.8 Å². The normalized spacial score (nSPS) is 17.7. The van der Waals surface area contributed by atoms with Gasteiger partial charge in [0.1, 0.15) is 0 Å². The average Bonchev–Trinajstić information content (AvgIpc) is 3.09. The summed E-state index contributed by atoms with van der Waals surface area (Å²) in [5.41, 5.74) is 4.22. The second-order valence-electron chi connectivity index (χ2n) is 4.44. The molecule has 3 nitrogen and oxygen atoms in total. The minimum absolute atomic E-state index is 0.470. The Hall–Kier alpha value is -0.930. The molecule has 2 rings (SSSR count). The van der Waals surface area contributed by atoms with E-state index in [2.05, 4.69) is 16.5 Å². The molecule has 0 saturated heterocycles. The highest BCUT2D eigenvalue weighted by Crippen LogP contribution is 2.34. The molecule has 1 fully saturated rings. The largest absolute Gasteiger partial charge is 0.271 e. The van der Waals surface area contributed by atoms with Gasteiger partial charge in [0.2, 0.25) is 0 Å². The Morgan fingerprint density at radius 1 is 1.53 bits per heavy atom. The summed E-state index contributed by atoms with van der Waals surface area (Å²) >= 11 is 0. The van der Waals surface area contributed by atoms with Crippen molar-refractivity contribution in [2.45, 2.75) is 38.1 Å². The molecule has 1 aromatic rings. The zero-order valence-electron chi connectivity index (χ0n) is 9.02.